The summed E-state index contributed by atoms with van der Waals surface area (Å²) in [5.74, 6) is 0.745. The molecule has 0 saturated heterocycles. The predicted molar refractivity (Wildman–Crippen MR) is 76.4 cm³/mol. The van der Waals surface area contributed by atoms with Crippen molar-refractivity contribution in [1.82, 2.24) is 5.32 Å². The highest BCUT2D eigenvalue weighted by Crippen LogP contribution is 2.29. The van der Waals surface area contributed by atoms with E-state index in [2.05, 4.69) is 33.0 Å². The van der Waals surface area contributed by atoms with E-state index in [0.717, 1.165) is 25.6 Å². The molecule has 1 atom stereocenters. The molecule has 0 aliphatic rings. The zero-order valence-corrected chi connectivity index (χ0v) is 12.6. The van der Waals surface area contributed by atoms with Gasteiger partial charge in [0.05, 0.1) is 0 Å². The summed E-state index contributed by atoms with van der Waals surface area (Å²) in [4.78, 5) is 0. The summed E-state index contributed by atoms with van der Waals surface area (Å²) < 4.78 is 5.11. The number of methoxy groups -OCH3 is 1. The second-order valence-corrected chi connectivity index (χ2v) is 6.04. The fraction of sp³-hybridized carbons (Fsp3) is 1.00. The third-order valence-corrected chi connectivity index (χ3v) is 3.34. The van der Waals surface area contributed by atoms with Crippen LogP contribution in [0.4, 0.5) is 0 Å². The van der Waals surface area contributed by atoms with Gasteiger partial charge in [0.25, 0.3) is 0 Å². The van der Waals surface area contributed by atoms with Crippen LogP contribution in [-0.4, -0.2) is 26.8 Å². The molecule has 0 aliphatic heterocycles. The Morgan fingerprint density at radius 1 is 1.18 bits per heavy atom. The first-order valence-corrected chi connectivity index (χ1v) is 7.23. The van der Waals surface area contributed by atoms with Crippen LogP contribution in [0.15, 0.2) is 0 Å². The van der Waals surface area contributed by atoms with E-state index in [0.29, 0.717) is 5.41 Å². The number of nitrogens with one attached hydrogen (secondary N) is 1. The molecule has 0 aromatic heterocycles. The van der Waals surface area contributed by atoms with Crippen molar-refractivity contribution in [1.29, 1.82) is 0 Å². The molecule has 0 fully saturated rings. The van der Waals surface area contributed by atoms with Crippen LogP contribution in [0.25, 0.3) is 0 Å². The monoisotopic (exact) mass is 243 g/mol. The van der Waals surface area contributed by atoms with E-state index < -0.39 is 0 Å². The third kappa shape index (κ3) is 9.61. The quantitative estimate of drug-likeness (QED) is 0.556. The molecular formula is C15H33NO. The third-order valence-electron chi connectivity index (χ3n) is 3.34. The van der Waals surface area contributed by atoms with Crippen molar-refractivity contribution in [2.24, 2.45) is 11.3 Å². The van der Waals surface area contributed by atoms with Crippen molar-refractivity contribution in [3.63, 3.8) is 0 Å². The molecule has 2 heteroatoms. The van der Waals surface area contributed by atoms with Gasteiger partial charge >= 0.3 is 0 Å². The molecule has 17 heavy (non-hydrogen) atoms. The maximum Gasteiger partial charge on any atom is 0.0462 e. The molecule has 0 spiro atoms. The summed E-state index contributed by atoms with van der Waals surface area (Å²) in [6.07, 6.45) is 6.40. The Labute approximate surface area is 109 Å². The summed E-state index contributed by atoms with van der Waals surface area (Å²) in [5, 5.41) is 3.62. The number of hydrogen-bond donors (Lipinski definition) is 1. The standard InChI is InChI=1S/C15H33NO/c1-6-9-15(4,10-7-8-11-17-5)13-16-12-14(2)3/h14,16H,6-13H2,1-5H3. The average Bonchev–Trinajstić information content (AvgIpc) is 2.24. The highest BCUT2D eigenvalue weighted by Gasteiger charge is 2.22. The minimum Gasteiger partial charge on any atom is -0.385 e. The minimum absolute atomic E-state index is 0.470. The summed E-state index contributed by atoms with van der Waals surface area (Å²) in [6.45, 7) is 12.4. The largest absolute Gasteiger partial charge is 0.385 e. The summed E-state index contributed by atoms with van der Waals surface area (Å²) in [7, 11) is 1.79. The number of rotatable bonds is 11. The van der Waals surface area contributed by atoms with Gasteiger partial charge in [0.2, 0.25) is 0 Å². The first-order valence-electron chi connectivity index (χ1n) is 7.23. The smallest absolute Gasteiger partial charge is 0.0462 e. The van der Waals surface area contributed by atoms with Crippen LogP contribution in [0.5, 0.6) is 0 Å². The van der Waals surface area contributed by atoms with Crippen LogP contribution in [0, 0.1) is 11.3 Å². The molecular weight excluding hydrogens is 210 g/mol. The lowest BCUT2D eigenvalue weighted by Crippen LogP contribution is -2.34. The van der Waals surface area contributed by atoms with Gasteiger partial charge in [0.15, 0.2) is 0 Å². The lowest BCUT2D eigenvalue weighted by molar-refractivity contribution is 0.179. The normalized spacial score (nSPS) is 15.2. The second-order valence-electron chi connectivity index (χ2n) is 6.04. The van der Waals surface area contributed by atoms with Crippen molar-refractivity contribution in [3.05, 3.63) is 0 Å². The van der Waals surface area contributed by atoms with Gasteiger partial charge in [0, 0.05) is 20.3 Å². The molecule has 0 aromatic rings. The van der Waals surface area contributed by atoms with E-state index in [-0.39, 0.29) is 0 Å². The number of ether oxygens (including phenoxy) is 1. The van der Waals surface area contributed by atoms with E-state index in [1.807, 2.05) is 0 Å². The molecule has 0 heterocycles. The van der Waals surface area contributed by atoms with Gasteiger partial charge < -0.3 is 10.1 Å². The fourth-order valence-electron chi connectivity index (χ4n) is 2.37. The zero-order chi connectivity index (χ0) is 13.1. The molecule has 2 nitrogen and oxygen atoms in total. The molecule has 0 radical (unpaired) electrons. The van der Waals surface area contributed by atoms with Gasteiger partial charge in [-0.2, -0.15) is 0 Å². The highest BCUT2D eigenvalue weighted by molar-refractivity contribution is 4.76. The fourth-order valence-corrected chi connectivity index (χ4v) is 2.37. The zero-order valence-electron chi connectivity index (χ0n) is 12.6. The van der Waals surface area contributed by atoms with Crippen molar-refractivity contribution < 1.29 is 4.74 Å². The molecule has 0 aromatic carbocycles. The Morgan fingerprint density at radius 2 is 1.88 bits per heavy atom. The summed E-state index contributed by atoms with van der Waals surface area (Å²) in [5.41, 5.74) is 0.470. The minimum atomic E-state index is 0.470. The Morgan fingerprint density at radius 3 is 2.41 bits per heavy atom. The molecule has 0 saturated carbocycles. The first kappa shape index (κ1) is 16.9. The lowest BCUT2D eigenvalue weighted by atomic mass is 9.80. The number of unbranched alkanes of at least 4 members (excludes halogenated alkanes) is 1. The predicted octanol–water partition coefficient (Wildman–Crippen LogP) is 3.86. The van der Waals surface area contributed by atoms with Crippen molar-refractivity contribution in [2.45, 2.75) is 59.8 Å². The van der Waals surface area contributed by atoms with Crippen LogP contribution in [0.3, 0.4) is 0 Å². The molecule has 1 N–H and O–H groups in total. The van der Waals surface area contributed by atoms with E-state index in [1.165, 1.54) is 32.1 Å². The van der Waals surface area contributed by atoms with Gasteiger partial charge in [-0.05, 0) is 37.1 Å². The van der Waals surface area contributed by atoms with E-state index >= 15 is 0 Å². The molecule has 0 rings (SSSR count). The van der Waals surface area contributed by atoms with Crippen LogP contribution in [-0.2, 0) is 4.74 Å². The Kier molecular flexibility index (Phi) is 9.85. The van der Waals surface area contributed by atoms with Gasteiger partial charge in [-0.1, -0.05) is 40.5 Å². The molecule has 0 aliphatic carbocycles. The van der Waals surface area contributed by atoms with Crippen molar-refractivity contribution in [3.8, 4) is 0 Å². The molecule has 1 unspecified atom stereocenters. The molecule has 104 valence electrons. The maximum absolute atomic E-state index is 5.11. The van der Waals surface area contributed by atoms with Crippen LogP contribution >= 0.6 is 0 Å². The van der Waals surface area contributed by atoms with Gasteiger partial charge in [0.1, 0.15) is 0 Å². The second kappa shape index (κ2) is 9.90. The van der Waals surface area contributed by atoms with E-state index in [4.69, 9.17) is 4.74 Å². The van der Waals surface area contributed by atoms with E-state index in [9.17, 15) is 0 Å². The maximum atomic E-state index is 5.11. The molecule has 0 bridgehead atoms. The van der Waals surface area contributed by atoms with Crippen LogP contribution < -0.4 is 5.32 Å². The van der Waals surface area contributed by atoms with E-state index in [1.54, 1.807) is 7.11 Å². The first-order chi connectivity index (χ1) is 8.04. The Bertz CT molecular complexity index is 170. The average molecular weight is 243 g/mol. The van der Waals surface area contributed by atoms with Crippen LogP contribution in [0.2, 0.25) is 0 Å². The SMILES string of the molecule is CCCC(C)(CCCCOC)CNCC(C)C. The highest BCUT2D eigenvalue weighted by atomic mass is 16.5. The van der Waals surface area contributed by atoms with Crippen molar-refractivity contribution in [2.75, 3.05) is 26.8 Å². The lowest BCUT2D eigenvalue weighted by Gasteiger charge is -2.30. The Hall–Kier alpha value is -0.0800. The summed E-state index contributed by atoms with van der Waals surface area (Å²) in [6, 6.07) is 0. The van der Waals surface area contributed by atoms with Crippen LogP contribution in [0.1, 0.15) is 59.8 Å². The summed E-state index contributed by atoms with van der Waals surface area (Å²) >= 11 is 0. The topological polar surface area (TPSA) is 21.3 Å². The van der Waals surface area contributed by atoms with Gasteiger partial charge in [-0.3, -0.25) is 0 Å². The van der Waals surface area contributed by atoms with Gasteiger partial charge in [-0.15, -0.1) is 0 Å². The Balaban J connectivity index is 3.88. The van der Waals surface area contributed by atoms with Gasteiger partial charge in [-0.25, -0.2) is 0 Å². The molecule has 0 amide bonds. The number of hydrogen-bond acceptors (Lipinski definition) is 2. The van der Waals surface area contributed by atoms with Crippen molar-refractivity contribution >= 4 is 0 Å².